The number of aryl methyl sites for hydroxylation is 1. The van der Waals surface area contributed by atoms with Gasteiger partial charge in [0.05, 0.1) is 17.6 Å². The third kappa shape index (κ3) is 2.42. The maximum Gasteiger partial charge on any atom is 0.214 e. The van der Waals surface area contributed by atoms with E-state index >= 15 is 0 Å². The van der Waals surface area contributed by atoms with Crippen LogP contribution in [0.15, 0.2) is 6.20 Å². The van der Waals surface area contributed by atoms with Gasteiger partial charge in [0.25, 0.3) is 0 Å². The zero-order valence-electron chi connectivity index (χ0n) is 13.7. The van der Waals surface area contributed by atoms with Crippen molar-refractivity contribution in [3.8, 4) is 0 Å². The molecule has 1 aromatic rings. The molecule has 0 N–H and O–H groups in total. The first-order chi connectivity index (χ1) is 10.9. The van der Waals surface area contributed by atoms with E-state index in [1.165, 1.54) is 19.3 Å². The number of hydrogen-bond acceptors (Lipinski definition) is 5. The molecule has 0 spiro atoms. The lowest BCUT2D eigenvalue weighted by molar-refractivity contribution is -0.103. The molecule has 1 saturated heterocycles. The summed E-state index contributed by atoms with van der Waals surface area (Å²) in [5, 5.41) is 7.81. The Bertz CT molecular complexity index is 695. The van der Waals surface area contributed by atoms with Crippen LogP contribution in [0.1, 0.15) is 31.4 Å². The van der Waals surface area contributed by atoms with Gasteiger partial charge in [0.2, 0.25) is 10.0 Å². The fraction of sp³-hybridized carbons (Fsp3) is 0.867. The van der Waals surface area contributed by atoms with E-state index in [1.807, 2.05) is 0 Å². The second-order valence-corrected chi connectivity index (χ2v) is 9.44. The molecule has 0 amide bonds. The lowest BCUT2D eigenvalue weighted by Crippen LogP contribution is -2.63. The van der Waals surface area contributed by atoms with Crippen LogP contribution < -0.4 is 0 Å². The number of nitrogens with zero attached hydrogens (tertiary/aromatic N) is 4. The summed E-state index contributed by atoms with van der Waals surface area (Å²) in [5.74, 6) is 2.06. The highest BCUT2D eigenvalue weighted by Gasteiger charge is 2.53. The minimum absolute atomic E-state index is 0.303. The van der Waals surface area contributed by atoms with Crippen LogP contribution in [0.4, 0.5) is 0 Å². The molecule has 2 saturated carbocycles. The first-order valence-corrected chi connectivity index (χ1v) is 9.92. The molecule has 0 aromatic carbocycles. The van der Waals surface area contributed by atoms with Gasteiger partial charge in [-0.1, -0.05) is 11.6 Å². The van der Waals surface area contributed by atoms with Crippen LogP contribution >= 0.6 is 0 Å². The number of ether oxygens (including phenoxy) is 1. The summed E-state index contributed by atoms with van der Waals surface area (Å²) < 4.78 is 34.3. The summed E-state index contributed by atoms with van der Waals surface area (Å²) in [4.78, 5) is 0. The van der Waals surface area contributed by atoms with Gasteiger partial charge in [0.15, 0.2) is 0 Å². The summed E-state index contributed by atoms with van der Waals surface area (Å²) in [6.45, 7) is 0.710. The van der Waals surface area contributed by atoms with Crippen molar-refractivity contribution < 1.29 is 13.2 Å². The zero-order chi connectivity index (χ0) is 16.2. The first kappa shape index (κ1) is 15.5. The minimum atomic E-state index is -3.21. The molecule has 0 radical (unpaired) electrons. The topological polar surface area (TPSA) is 77.3 Å². The summed E-state index contributed by atoms with van der Waals surface area (Å²) >= 11 is 0. The largest absolute Gasteiger partial charge is 0.369 e. The van der Waals surface area contributed by atoms with Crippen LogP contribution in [0.2, 0.25) is 0 Å². The monoisotopic (exact) mass is 340 g/mol. The van der Waals surface area contributed by atoms with E-state index < -0.39 is 15.6 Å². The SMILES string of the molecule is COC1(c2cnnn2C)CN(S(=O)(=O)CC2CC3CCC2C3)C1. The molecule has 1 aliphatic heterocycles. The van der Waals surface area contributed by atoms with E-state index in [0.717, 1.165) is 18.0 Å². The Morgan fingerprint density at radius 3 is 2.65 bits per heavy atom. The third-order valence-electron chi connectivity index (χ3n) is 6.14. The lowest BCUT2D eigenvalue weighted by Gasteiger charge is -2.47. The van der Waals surface area contributed by atoms with Gasteiger partial charge in [-0.05, 0) is 37.0 Å². The normalized spacial score (nSPS) is 33.0. The zero-order valence-corrected chi connectivity index (χ0v) is 14.5. The van der Waals surface area contributed by atoms with E-state index in [4.69, 9.17) is 4.74 Å². The van der Waals surface area contributed by atoms with Crippen molar-refractivity contribution in [1.82, 2.24) is 19.3 Å². The van der Waals surface area contributed by atoms with Gasteiger partial charge in [0.1, 0.15) is 5.60 Å². The van der Waals surface area contributed by atoms with Gasteiger partial charge in [-0.15, -0.1) is 5.10 Å². The lowest BCUT2D eigenvalue weighted by atomic mass is 9.90. The molecule has 3 atom stereocenters. The van der Waals surface area contributed by atoms with Crippen molar-refractivity contribution in [2.24, 2.45) is 24.8 Å². The van der Waals surface area contributed by atoms with Crippen LogP contribution in [0, 0.1) is 17.8 Å². The number of fused-ring (bicyclic) bond motifs is 2. The average molecular weight is 340 g/mol. The molecule has 2 heterocycles. The van der Waals surface area contributed by atoms with Crippen molar-refractivity contribution in [1.29, 1.82) is 0 Å². The van der Waals surface area contributed by atoms with Crippen LogP contribution in [0.3, 0.4) is 0 Å². The summed E-state index contributed by atoms with van der Waals surface area (Å²) in [6.07, 6.45) is 6.50. The Morgan fingerprint density at radius 2 is 2.13 bits per heavy atom. The average Bonchev–Trinajstić information content (AvgIpc) is 3.15. The van der Waals surface area contributed by atoms with E-state index in [1.54, 1.807) is 29.3 Å². The van der Waals surface area contributed by atoms with Gasteiger partial charge >= 0.3 is 0 Å². The van der Waals surface area contributed by atoms with E-state index in [0.29, 0.717) is 30.7 Å². The van der Waals surface area contributed by atoms with Gasteiger partial charge in [-0.25, -0.2) is 13.1 Å². The van der Waals surface area contributed by atoms with Crippen LogP contribution in [0.5, 0.6) is 0 Å². The summed E-state index contributed by atoms with van der Waals surface area (Å²) in [7, 11) is 0.208. The number of methoxy groups -OCH3 is 1. The highest BCUT2D eigenvalue weighted by Crippen LogP contribution is 2.49. The summed E-state index contributed by atoms with van der Waals surface area (Å²) in [5.41, 5.74) is 0.214. The Balaban J connectivity index is 1.45. The predicted octanol–water partition coefficient (Wildman–Crippen LogP) is 0.738. The van der Waals surface area contributed by atoms with Crippen molar-refractivity contribution in [3.05, 3.63) is 11.9 Å². The van der Waals surface area contributed by atoms with Gasteiger partial charge in [-0.3, -0.25) is 0 Å². The Morgan fingerprint density at radius 1 is 1.35 bits per heavy atom. The molecule has 3 fully saturated rings. The smallest absolute Gasteiger partial charge is 0.214 e. The van der Waals surface area contributed by atoms with E-state index in [-0.39, 0.29) is 0 Å². The van der Waals surface area contributed by atoms with Crippen molar-refractivity contribution in [2.45, 2.75) is 31.3 Å². The quantitative estimate of drug-likeness (QED) is 0.790. The maximum absolute atomic E-state index is 12.7. The molecule has 23 heavy (non-hydrogen) atoms. The molecule has 2 aliphatic carbocycles. The molecular weight excluding hydrogens is 316 g/mol. The fourth-order valence-corrected chi connectivity index (χ4v) is 6.75. The number of sulfonamides is 1. The minimum Gasteiger partial charge on any atom is -0.369 e. The van der Waals surface area contributed by atoms with Crippen LogP contribution in [0.25, 0.3) is 0 Å². The Kier molecular flexibility index (Phi) is 3.55. The highest BCUT2D eigenvalue weighted by atomic mass is 32.2. The van der Waals surface area contributed by atoms with E-state index in [9.17, 15) is 8.42 Å². The van der Waals surface area contributed by atoms with Crippen LogP contribution in [-0.4, -0.2) is 53.7 Å². The number of rotatable bonds is 5. The van der Waals surface area contributed by atoms with Crippen molar-refractivity contribution in [3.63, 3.8) is 0 Å². The molecule has 8 heteroatoms. The second kappa shape index (κ2) is 5.26. The molecule has 3 unspecified atom stereocenters. The molecule has 128 valence electrons. The Labute approximate surface area is 137 Å². The first-order valence-electron chi connectivity index (χ1n) is 8.32. The van der Waals surface area contributed by atoms with Gasteiger partial charge < -0.3 is 4.74 Å². The number of hydrogen-bond donors (Lipinski definition) is 0. The maximum atomic E-state index is 12.7. The van der Waals surface area contributed by atoms with Gasteiger partial charge in [-0.2, -0.15) is 4.31 Å². The molecule has 4 rings (SSSR count). The number of aromatic nitrogens is 3. The fourth-order valence-electron chi connectivity index (χ4n) is 4.77. The molecule has 7 nitrogen and oxygen atoms in total. The summed E-state index contributed by atoms with van der Waals surface area (Å²) in [6, 6.07) is 0. The van der Waals surface area contributed by atoms with Gasteiger partial charge in [0, 0.05) is 27.2 Å². The van der Waals surface area contributed by atoms with Crippen molar-refractivity contribution in [2.75, 3.05) is 26.0 Å². The molecular formula is C15H24N4O3S. The highest BCUT2D eigenvalue weighted by molar-refractivity contribution is 7.89. The molecule has 3 aliphatic rings. The standard InChI is InChI=1S/C15H24N4O3S/c1-18-14(7-16-17-18)15(22-2)9-19(10-15)23(20,21)8-13-6-11-3-4-12(13)5-11/h7,11-13H,3-6,8-10H2,1-2H3. The van der Waals surface area contributed by atoms with Crippen LogP contribution in [-0.2, 0) is 27.4 Å². The predicted molar refractivity (Wildman–Crippen MR) is 84.0 cm³/mol. The molecule has 1 aromatic heterocycles. The molecule has 2 bridgehead atoms. The third-order valence-corrected chi connectivity index (χ3v) is 8.03. The van der Waals surface area contributed by atoms with Crippen molar-refractivity contribution >= 4 is 10.0 Å². The van der Waals surface area contributed by atoms with E-state index in [2.05, 4.69) is 10.3 Å². The second-order valence-electron chi connectivity index (χ2n) is 7.42. The Hall–Kier alpha value is -0.990.